The van der Waals surface area contributed by atoms with E-state index >= 15 is 0 Å². The molecule has 0 aliphatic heterocycles. The molecule has 1 atom stereocenters. The van der Waals surface area contributed by atoms with E-state index in [0.29, 0.717) is 6.42 Å². The zero-order valence-corrected chi connectivity index (χ0v) is 7.80. The van der Waals surface area contributed by atoms with E-state index in [-0.39, 0.29) is 5.84 Å². The van der Waals surface area contributed by atoms with Crippen molar-refractivity contribution in [3.8, 4) is 0 Å². The lowest BCUT2D eigenvalue weighted by Crippen LogP contribution is -2.43. The Bertz CT molecular complexity index is 259. The van der Waals surface area contributed by atoms with Crippen LogP contribution in [0.5, 0.6) is 0 Å². The summed E-state index contributed by atoms with van der Waals surface area (Å²) < 4.78 is 23.6. The zero-order valence-electron chi connectivity index (χ0n) is 6.98. The third-order valence-corrected chi connectivity index (χ3v) is 1.95. The molecule has 0 spiro atoms. The molecule has 0 rings (SSSR count). The summed E-state index contributed by atoms with van der Waals surface area (Å²) in [5.74, 6) is -0.136. The normalized spacial score (nSPS) is 16.0. The fourth-order valence-electron chi connectivity index (χ4n) is 0.681. The van der Waals surface area contributed by atoms with E-state index in [0.717, 1.165) is 6.26 Å². The highest BCUT2D eigenvalue weighted by Gasteiger charge is 2.15. The monoisotopic (exact) mass is 195 g/mol. The molecule has 0 saturated heterocycles. The van der Waals surface area contributed by atoms with E-state index in [9.17, 15) is 8.42 Å². The van der Waals surface area contributed by atoms with Gasteiger partial charge in [-0.25, -0.2) is 13.1 Å². The van der Waals surface area contributed by atoms with Crippen LogP contribution in [0.1, 0.15) is 13.3 Å². The molecule has 72 valence electrons. The lowest BCUT2D eigenvalue weighted by Gasteiger charge is -2.12. The van der Waals surface area contributed by atoms with Gasteiger partial charge in [0.25, 0.3) is 0 Å². The standard InChI is InChI=1S/C5H13N3O3S/c1-3-4(5(6)7-9)8-12(2,10)11/h4,8-9H,3H2,1-2H3,(H2,6,7). The van der Waals surface area contributed by atoms with Crippen LogP contribution in [0.3, 0.4) is 0 Å². The molecule has 0 aliphatic rings. The van der Waals surface area contributed by atoms with Crippen molar-refractivity contribution in [1.82, 2.24) is 4.72 Å². The number of hydrogen-bond donors (Lipinski definition) is 3. The summed E-state index contributed by atoms with van der Waals surface area (Å²) >= 11 is 0. The lowest BCUT2D eigenvalue weighted by atomic mass is 10.2. The van der Waals surface area contributed by atoms with Crippen LogP contribution in [0.15, 0.2) is 5.16 Å². The van der Waals surface area contributed by atoms with Crippen LogP contribution in [-0.4, -0.2) is 31.8 Å². The maximum Gasteiger partial charge on any atom is 0.209 e. The molecule has 0 aromatic rings. The highest BCUT2D eigenvalue weighted by molar-refractivity contribution is 7.88. The second-order valence-electron chi connectivity index (χ2n) is 2.38. The molecule has 0 amide bonds. The van der Waals surface area contributed by atoms with Gasteiger partial charge in [0.2, 0.25) is 10.0 Å². The van der Waals surface area contributed by atoms with E-state index in [1.165, 1.54) is 0 Å². The Morgan fingerprint density at radius 3 is 2.50 bits per heavy atom. The van der Waals surface area contributed by atoms with Crippen molar-refractivity contribution in [2.24, 2.45) is 10.9 Å². The van der Waals surface area contributed by atoms with Gasteiger partial charge in [-0.2, -0.15) is 0 Å². The van der Waals surface area contributed by atoms with Crippen molar-refractivity contribution in [2.45, 2.75) is 19.4 Å². The zero-order chi connectivity index (χ0) is 9.78. The number of rotatable bonds is 4. The Kier molecular flexibility index (Phi) is 3.98. The molecule has 6 nitrogen and oxygen atoms in total. The fourth-order valence-corrected chi connectivity index (χ4v) is 1.49. The minimum absolute atomic E-state index is 0.136. The predicted octanol–water partition coefficient (Wildman–Crippen LogP) is -0.939. The van der Waals surface area contributed by atoms with E-state index in [1.807, 2.05) is 0 Å². The van der Waals surface area contributed by atoms with Gasteiger partial charge in [-0.05, 0) is 6.42 Å². The third kappa shape index (κ3) is 4.14. The van der Waals surface area contributed by atoms with Gasteiger partial charge < -0.3 is 10.9 Å². The van der Waals surface area contributed by atoms with Gasteiger partial charge in [0, 0.05) is 0 Å². The molecular weight excluding hydrogens is 182 g/mol. The fraction of sp³-hybridized carbons (Fsp3) is 0.800. The molecule has 0 fully saturated rings. The molecule has 0 saturated carbocycles. The van der Waals surface area contributed by atoms with Gasteiger partial charge in [0.15, 0.2) is 5.84 Å². The molecule has 1 unspecified atom stereocenters. The topological polar surface area (TPSA) is 105 Å². The highest BCUT2D eigenvalue weighted by atomic mass is 32.2. The number of nitrogens with zero attached hydrogens (tertiary/aromatic N) is 1. The molecule has 0 aromatic heterocycles. The Morgan fingerprint density at radius 1 is 1.75 bits per heavy atom. The highest BCUT2D eigenvalue weighted by Crippen LogP contribution is 1.92. The smallest absolute Gasteiger partial charge is 0.209 e. The summed E-state index contributed by atoms with van der Waals surface area (Å²) in [5, 5.41) is 11.0. The maximum absolute atomic E-state index is 10.7. The lowest BCUT2D eigenvalue weighted by molar-refractivity contribution is 0.315. The number of oxime groups is 1. The van der Waals surface area contributed by atoms with Crippen LogP contribution in [0.25, 0.3) is 0 Å². The first kappa shape index (κ1) is 11.2. The SMILES string of the molecule is CCC(NS(C)(=O)=O)/C(N)=N/O. The minimum atomic E-state index is -3.31. The van der Waals surface area contributed by atoms with Gasteiger partial charge in [0.05, 0.1) is 12.3 Å². The predicted molar refractivity (Wildman–Crippen MR) is 45.5 cm³/mol. The van der Waals surface area contributed by atoms with Crippen molar-refractivity contribution < 1.29 is 13.6 Å². The van der Waals surface area contributed by atoms with E-state index in [2.05, 4.69) is 9.88 Å². The van der Waals surface area contributed by atoms with E-state index in [4.69, 9.17) is 10.9 Å². The summed E-state index contributed by atoms with van der Waals surface area (Å²) in [6.45, 7) is 1.72. The second-order valence-corrected chi connectivity index (χ2v) is 4.16. The summed E-state index contributed by atoms with van der Waals surface area (Å²) in [7, 11) is -3.31. The summed E-state index contributed by atoms with van der Waals surface area (Å²) in [4.78, 5) is 0. The van der Waals surface area contributed by atoms with E-state index in [1.54, 1.807) is 6.92 Å². The van der Waals surface area contributed by atoms with Crippen LogP contribution >= 0.6 is 0 Å². The van der Waals surface area contributed by atoms with Gasteiger partial charge in [-0.15, -0.1) is 0 Å². The first-order chi connectivity index (χ1) is 5.40. The first-order valence-corrected chi connectivity index (χ1v) is 5.24. The van der Waals surface area contributed by atoms with Crippen molar-refractivity contribution in [2.75, 3.05) is 6.26 Å². The van der Waals surface area contributed by atoms with Gasteiger partial charge >= 0.3 is 0 Å². The first-order valence-electron chi connectivity index (χ1n) is 3.35. The van der Waals surface area contributed by atoms with Crippen LogP contribution in [0.2, 0.25) is 0 Å². The third-order valence-electron chi connectivity index (χ3n) is 1.24. The van der Waals surface area contributed by atoms with Crippen LogP contribution in [0, 0.1) is 0 Å². The molecule has 0 bridgehead atoms. The number of sulfonamides is 1. The van der Waals surface area contributed by atoms with Crippen molar-refractivity contribution in [3.05, 3.63) is 0 Å². The molecule has 12 heavy (non-hydrogen) atoms. The minimum Gasteiger partial charge on any atom is -0.409 e. The molecule has 0 heterocycles. The summed E-state index contributed by atoms with van der Waals surface area (Å²) in [5.41, 5.74) is 5.21. The van der Waals surface area contributed by atoms with Gasteiger partial charge in [-0.3, -0.25) is 0 Å². The van der Waals surface area contributed by atoms with Crippen molar-refractivity contribution in [3.63, 3.8) is 0 Å². The number of amidine groups is 1. The van der Waals surface area contributed by atoms with E-state index < -0.39 is 16.1 Å². The molecule has 0 aromatic carbocycles. The molecule has 0 aliphatic carbocycles. The van der Waals surface area contributed by atoms with Crippen LogP contribution < -0.4 is 10.5 Å². The Labute approximate surface area is 71.5 Å². The van der Waals surface area contributed by atoms with Gasteiger partial charge in [0.1, 0.15) is 0 Å². The molecular formula is C5H13N3O3S. The Balaban J connectivity index is 4.40. The Hall–Kier alpha value is -0.820. The number of hydrogen-bond acceptors (Lipinski definition) is 4. The molecule has 7 heteroatoms. The average molecular weight is 195 g/mol. The van der Waals surface area contributed by atoms with Gasteiger partial charge in [-0.1, -0.05) is 12.1 Å². The quantitative estimate of drug-likeness (QED) is 0.233. The van der Waals surface area contributed by atoms with Crippen molar-refractivity contribution >= 4 is 15.9 Å². The largest absolute Gasteiger partial charge is 0.409 e. The van der Waals surface area contributed by atoms with Crippen molar-refractivity contribution in [1.29, 1.82) is 0 Å². The summed E-state index contributed by atoms with van der Waals surface area (Å²) in [6, 6.07) is -0.634. The maximum atomic E-state index is 10.7. The second kappa shape index (κ2) is 4.27. The summed E-state index contributed by atoms with van der Waals surface area (Å²) in [6.07, 6.45) is 1.45. The number of nitrogens with one attached hydrogen (secondary N) is 1. The molecule has 0 radical (unpaired) electrons. The van der Waals surface area contributed by atoms with Crippen LogP contribution in [-0.2, 0) is 10.0 Å². The average Bonchev–Trinajstić information content (AvgIpc) is 1.97. The number of nitrogens with two attached hydrogens (primary N) is 1. The van der Waals surface area contributed by atoms with Crippen LogP contribution in [0.4, 0.5) is 0 Å². The molecule has 4 N–H and O–H groups in total. The Morgan fingerprint density at radius 2 is 2.25 bits per heavy atom.